The lowest BCUT2D eigenvalue weighted by Gasteiger charge is -2.09. The fourth-order valence-corrected chi connectivity index (χ4v) is 3.06. The van der Waals surface area contributed by atoms with E-state index in [1.807, 2.05) is 12.3 Å². The van der Waals surface area contributed by atoms with Gasteiger partial charge in [0.2, 0.25) is 5.82 Å². The summed E-state index contributed by atoms with van der Waals surface area (Å²) in [5.41, 5.74) is 0. The summed E-state index contributed by atoms with van der Waals surface area (Å²) in [7, 11) is 1.74. The third kappa shape index (κ3) is 4.66. The smallest absolute Gasteiger partial charge is 0.216 e. The van der Waals surface area contributed by atoms with Gasteiger partial charge in [-0.3, -0.25) is 10.1 Å². The number of aromatic nitrogens is 4. The molecule has 0 atom stereocenters. The zero-order valence-electron chi connectivity index (χ0n) is 14.2. The quantitative estimate of drug-likeness (QED) is 0.440. The van der Waals surface area contributed by atoms with Crippen molar-refractivity contribution in [1.29, 1.82) is 0 Å². The van der Waals surface area contributed by atoms with Crippen LogP contribution in [0.1, 0.15) is 22.6 Å². The molecule has 0 aliphatic rings. The van der Waals surface area contributed by atoms with Crippen molar-refractivity contribution in [2.24, 2.45) is 4.99 Å². The number of H-pyrrole nitrogens is 1. The molecule has 25 heavy (non-hydrogen) atoms. The number of nitrogens with zero attached hydrogens (tertiary/aromatic N) is 4. The van der Waals surface area contributed by atoms with Crippen LogP contribution >= 0.6 is 11.3 Å². The summed E-state index contributed by atoms with van der Waals surface area (Å²) in [6.45, 7) is 3.40. The van der Waals surface area contributed by atoms with E-state index in [-0.39, 0.29) is 0 Å². The Morgan fingerprint density at radius 1 is 1.40 bits per heavy atom. The first-order valence-electron chi connectivity index (χ1n) is 8.11. The van der Waals surface area contributed by atoms with Gasteiger partial charge < -0.3 is 15.1 Å². The Morgan fingerprint density at radius 2 is 2.32 bits per heavy atom. The van der Waals surface area contributed by atoms with Gasteiger partial charge in [-0.25, -0.2) is 9.97 Å². The molecule has 3 heterocycles. The molecule has 0 aromatic carbocycles. The van der Waals surface area contributed by atoms with Gasteiger partial charge in [0.25, 0.3) is 0 Å². The molecule has 3 rings (SSSR count). The molecule has 3 aromatic rings. The van der Waals surface area contributed by atoms with Crippen LogP contribution in [0.5, 0.6) is 0 Å². The second kappa shape index (κ2) is 8.43. The Labute approximate surface area is 149 Å². The van der Waals surface area contributed by atoms with E-state index < -0.39 is 0 Å². The van der Waals surface area contributed by atoms with E-state index in [1.54, 1.807) is 30.7 Å². The van der Waals surface area contributed by atoms with Crippen LogP contribution in [0.2, 0.25) is 0 Å². The molecule has 0 aliphatic heterocycles. The Morgan fingerprint density at radius 3 is 3.04 bits per heavy atom. The molecule has 0 spiro atoms. The van der Waals surface area contributed by atoms with Crippen molar-refractivity contribution in [3.05, 3.63) is 40.3 Å². The predicted molar refractivity (Wildman–Crippen MR) is 97.5 cm³/mol. The minimum Gasteiger partial charge on any atom is -0.461 e. The summed E-state index contributed by atoms with van der Waals surface area (Å²) < 4.78 is 5.28. The molecule has 0 unspecified atom stereocenters. The van der Waals surface area contributed by atoms with Gasteiger partial charge in [0.05, 0.1) is 17.8 Å². The van der Waals surface area contributed by atoms with Crippen molar-refractivity contribution in [3.63, 3.8) is 0 Å². The summed E-state index contributed by atoms with van der Waals surface area (Å²) >= 11 is 1.76. The molecule has 0 aliphatic carbocycles. The summed E-state index contributed by atoms with van der Waals surface area (Å²) in [6, 6.07) is 3.63. The fourth-order valence-electron chi connectivity index (χ4n) is 2.19. The van der Waals surface area contributed by atoms with Crippen molar-refractivity contribution in [2.45, 2.75) is 26.3 Å². The molecular formula is C16H21N7OS. The maximum absolute atomic E-state index is 5.28. The van der Waals surface area contributed by atoms with Gasteiger partial charge in [-0.05, 0) is 18.6 Å². The minimum atomic E-state index is 0.491. The Hall–Kier alpha value is -2.68. The van der Waals surface area contributed by atoms with Gasteiger partial charge in [0.15, 0.2) is 11.7 Å². The maximum atomic E-state index is 5.28. The number of aliphatic imine (C=N–C) groups is 1. The van der Waals surface area contributed by atoms with Crippen LogP contribution < -0.4 is 10.6 Å². The van der Waals surface area contributed by atoms with Gasteiger partial charge in [0, 0.05) is 31.1 Å². The van der Waals surface area contributed by atoms with E-state index in [1.165, 1.54) is 4.88 Å². The van der Waals surface area contributed by atoms with Crippen LogP contribution in [0.4, 0.5) is 0 Å². The molecule has 8 nitrogen and oxygen atoms in total. The van der Waals surface area contributed by atoms with Gasteiger partial charge >= 0.3 is 0 Å². The van der Waals surface area contributed by atoms with Crippen molar-refractivity contribution in [3.8, 4) is 11.6 Å². The number of hydrogen-bond donors (Lipinski definition) is 3. The fraction of sp³-hybridized carbons (Fsp3) is 0.375. The van der Waals surface area contributed by atoms with Crippen molar-refractivity contribution < 1.29 is 4.42 Å². The Bertz CT molecular complexity index is 806. The summed E-state index contributed by atoms with van der Waals surface area (Å²) in [5, 5.41) is 14.6. The molecule has 0 radical (unpaired) electrons. The first-order valence-corrected chi connectivity index (χ1v) is 8.93. The van der Waals surface area contributed by atoms with E-state index in [0.717, 1.165) is 24.4 Å². The number of thiazole rings is 1. The van der Waals surface area contributed by atoms with Crippen LogP contribution in [0.25, 0.3) is 11.6 Å². The molecule has 3 N–H and O–H groups in total. The van der Waals surface area contributed by atoms with Crippen molar-refractivity contribution >= 4 is 17.3 Å². The third-order valence-corrected chi connectivity index (χ3v) is 4.70. The minimum absolute atomic E-state index is 0.491. The lowest BCUT2D eigenvalue weighted by atomic mass is 10.4. The number of aryl methyl sites for hydroxylation is 1. The molecule has 0 saturated heterocycles. The molecule has 132 valence electrons. The molecule has 0 bridgehead atoms. The third-order valence-electron chi connectivity index (χ3n) is 3.50. The molecule has 0 fully saturated rings. The van der Waals surface area contributed by atoms with E-state index in [2.05, 4.69) is 42.7 Å². The Balaban J connectivity index is 1.44. The second-order valence-electron chi connectivity index (χ2n) is 5.26. The highest BCUT2D eigenvalue weighted by molar-refractivity contribution is 7.11. The number of nitrogens with one attached hydrogen (secondary N) is 3. The first-order chi connectivity index (χ1) is 12.3. The van der Waals surface area contributed by atoms with Gasteiger partial charge in [-0.1, -0.05) is 6.92 Å². The molecule has 0 saturated carbocycles. The Kier molecular flexibility index (Phi) is 5.78. The number of furan rings is 1. The molecule has 9 heteroatoms. The predicted octanol–water partition coefficient (Wildman–Crippen LogP) is 1.99. The van der Waals surface area contributed by atoms with E-state index in [9.17, 15) is 0 Å². The summed E-state index contributed by atoms with van der Waals surface area (Å²) in [6.07, 6.45) is 5.46. The van der Waals surface area contributed by atoms with Crippen molar-refractivity contribution in [2.75, 3.05) is 13.6 Å². The lowest BCUT2D eigenvalue weighted by Crippen LogP contribution is -2.38. The standard InChI is InChI=1S/C16H21N7OS/c1-3-11-9-19-14(25-11)6-7-18-16(17-2)20-10-13-21-15(23-22-13)12-5-4-8-24-12/h4-5,8-9H,3,6-7,10H2,1-2H3,(H2,17,18,20)(H,21,22,23). The largest absolute Gasteiger partial charge is 0.461 e. The average molecular weight is 359 g/mol. The maximum Gasteiger partial charge on any atom is 0.216 e. The molecule has 0 amide bonds. The van der Waals surface area contributed by atoms with Gasteiger partial charge in [-0.2, -0.15) is 0 Å². The van der Waals surface area contributed by atoms with E-state index >= 15 is 0 Å². The van der Waals surface area contributed by atoms with Gasteiger partial charge in [-0.15, -0.1) is 16.4 Å². The van der Waals surface area contributed by atoms with Crippen LogP contribution in [-0.2, 0) is 19.4 Å². The normalized spacial score (nSPS) is 11.7. The first kappa shape index (κ1) is 17.2. The van der Waals surface area contributed by atoms with Crippen LogP contribution in [0.15, 0.2) is 34.0 Å². The zero-order chi connectivity index (χ0) is 17.5. The highest BCUT2D eigenvalue weighted by Crippen LogP contribution is 2.14. The van der Waals surface area contributed by atoms with Crippen molar-refractivity contribution in [1.82, 2.24) is 30.8 Å². The van der Waals surface area contributed by atoms with Crippen LogP contribution in [-0.4, -0.2) is 39.7 Å². The summed E-state index contributed by atoms with van der Waals surface area (Å²) in [5.74, 6) is 2.60. The number of guanidine groups is 1. The monoisotopic (exact) mass is 359 g/mol. The topological polar surface area (TPSA) is 104 Å². The van der Waals surface area contributed by atoms with Crippen LogP contribution in [0, 0.1) is 0 Å². The van der Waals surface area contributed by atoms with Crippen LogP contribution in [0.3, 0.4) is 0 Å². The molecular weight excluding hydrogens is 338 g/mol. The molecule has 3 aromatic heterocycles. The van der Waals surface area contributed by atoms with E-state index in [0.29, 0.717) is 29.9 Å². The van der Waals surface area contributed by atoms with E-state index in [4.69, 9.17) is 4.42 Å². The number of hydrogen-bond acceptors (Lipinski definition) is 6. The second-order valence-corrected chi connectivity index (χ2v) is 6.46. The number of rotatable bonds is 7. The summed E-state index contributed by atoms with van der Waals surface area (Å²) in [4.78, 5) is 14.3. The lowest BCUT2D eigenvalue weighted by molar-refractivity contribution is 0.577. The van der Waals surface area contributed by atoms with Gasteiger partial charge in [0.1, 0.15) is 5.82 Å². The highest BCUT2D eigenvalue weighted by Gasteiger charge is 2.08. The number of aromatic amines is 1. The average Bonchev–Trinajstić information content (AvgIpc) is 3.39. The highest BCUT2D eigenvalue weighted by atomic mass is 32.1. The SMILES string of the molecule is CCc1cnc(CCNC(=NC)NCc2nc(-c3ccco3)n[nH]2)s1. The zero-order valence-corrected chi connectivity index (χ0v) is 15.1.